The van der Waals surface area contributed by atoms with Crippen LogP contribution in [0.3, 0.4) is 0 Å². The lowest BCUT2D eigenvalue weighted by molar-refractivity contribution is -0.132. The van der Waals surface area contributed by atoms with Crippen molar-refractivity contribution in [3.8, 4) is 0 Å². The van der Waals surface area contributed by atoms with Gasteiger partial charge in [-0.15, -0.1) is 0 Å². The number of hydrogen-bond donors (Lipinski definition) is 3. The second-order valence-corrected chi connectivity index (χ2v) is 5.38. The van der Waals surface area contributed by atoms with E-state index in [9.17, 15) is 14.7 Å². The van der Waals surface area contributed by atoms with E-state index in [2.05, 4.69) is 10.9 Å². The summed E-state index contributed by atoms with van der Waals surface area (Å²) in [6.45, 7) is 0. The standard InChI is InChI=1S/C14H17ClN2O3/c15-10-6-4-9(5-7-10)8-13(19)16-17-14(20)11-2-1-3-12(11)18/h4-7,11-12,18H,1-3,8H2,(H,16,19)(H,17,20). The minimum Gasteiger partial charge on any atom is -0.392 e. The van der Waals surface area contributed by atoms with Gasteiger partial charge >= 0.3 is 0 Å². The number of hydrogen-bond acceptors (Lipinski definition) is 3. The molecule has 2 atom stereocenters. The summed E-state index contributed by atoms with van der Waals surface area (Å²) in [5.41, 5.74) is 5.53. The topological polar surface area (TPSA) is 78.4 Å². The molecule has 0 aromatic heterocycles. The quantitative estimate of drug-likeness (QED) is 0.733. The Morgan fingerprint density at radius 3 is 2.50 bits per heavy atom. The van der Waals surface area contributed by atoms with Crippen molar-refractivity contribution in [2.75, 3.05) is 0 Å². The molecule has 0 heterocycles. The number of halogens is 1. The molecule has 2 unspecified atom stereocenters. The lowest BCUT2D eigenvalue weighted by atomic mass is 10.1. The number of benzene rings is 1. The lowest BCUT2D eigenvalue weighted by Crippen LogP contribution is -2.46. The summed E-state index contributed by atoms with van der Waals surface area (Å²) in [4.78, 5) is 23.4. The predicted octanol–water partition coefficient (Wildman–Crippen LogP) is 1.19. The number of hydrazine groups is 1. The fraction of sp³-hybridized carbons (Fsp3) is 0.429. The monoisotopic (exact) mass is 296 g/mol. The van der Waals surface area contributed by atoms with Crippen LogP contribution in [0, 0.1) is 5.92 Å². The molecule has 20 heavy (non-hydrogen) atoms. The van der Waals surface area contributed by atoms with Crippen LogP contribution in [0.5, 0.6) is 0 Å². The largest absolute Gasteiger partial charge is 0.392 e. The molecule has 1 aliphatic carbocycles. The average Bonchev–Trinajstić information content (AvgIpc) is 2.85. The smallest absolute Gasteiger partial charge is 0.244 e. The number of carbonyl (C=O) groups excluding carboxylic acids is 2. The molecule has 2 amide bonds. The maximum absolute atomic E-state index is 11.8. The van der Waals surface area contributed by atoms with Crippen molar-refractivity contribution in [3.05, 3.63) is 34.9 Å². The Labute approximate surface area is 122 Å². The third-order valence-electron chi connectivity index (χ3n) is 3.42. The van der Waals surface area contributed by atoms with Crippen LogP contribution in [0.15, 0.2) is 24.3 Å². The lowest BCUT2D eigenvalue weighted by Gasteiger charge is -2.14. The summed E-state index contributed by atoms with van der Waals surface area (Å²) in [6.07, 6.45) is 1.67. The number of rotatable bonds is 3. The van der Waals surface area contributed by atoms with Gasteiger partial charge in [0.05, 0.1) is 18.4 Å². The van der Waals surface area contributed by atoms with Crippen LogP contribution in [0.2, 0.25) is 5.02 Å². The fourth-order valence-electron chi connectivity index (χ4n) is 2.30. The van der Waals surface area contributed by atoms with Crippen LogP contribution >= 0.6 is 11.6 Å². The van der Waals surface area contributed by atoms with Gasteiger partial charge in [0, 0.05) is 5.02 Å². The van der Waals surface area contributed by atoms with Gasteiger partial charge in [-0.3, -0.25) is 20.4 Å². The summed E-state index contributed by atoms with van der Waals surface area (Å²) in [5, 5.41) is 10.2. The van der Waals surface area contributed by atoms with Gasteiger partial charge in [-0.25, -0.2) is 0 Å². The van der Waals surface area contributed by atoms with E-state index in [1.54, 1.807) is 24.3 Å². The maximum atomic E-state index is 11.8. The molecule has 0 saturated heterocycles. The molecular weight excluding hydrogens is 280 g/mol. The van der Waals surface area contributed by atoms with Crippen LogP contribution in [0.25, 0.3) is 0 Å². The highest BCUT2D eigenvalue weighted by Crippen LogP contribution is 2.25. The summed E-state index contributed by atoms with van der Waals surface area (Å²) in [7, 11) is 0. The van der Waals surface area contributed by atoms with Crippen molar-refractivity contribution in [2.24, 2.45) is 5.92 Å². The van der Waals surface area contributed by atoms with Crippen LogP contribution in [-0.4, -0.2) is 23.0 Å². The molecule has 1 aromatic carbocycles. The van der Waals surface area contributed by atoms with Crippen LogP contribution in [0.1, 0.15) is 24.8 Å². The zero-order valence-corrected chi connectivity index (χ0v) is 11.7. The number of aliphatic hydroxyl groups is 1. The zero-order chi connectivity index (χ0) is 14.5. The van der Waals surface area contributed by atoms with E-state index >= 15 is 0 Å². The highest BCUT2D eigenvalue weighted by atomic mass is 35.5. The van der Waals surface area contributed by atoms with Crippen molar-refractivity contribution >= 4 is 23.4 Å². The van der Waals surface area contributed by atoms with Crippen LogP contribution in [0.4, 0.5) is 0 Å². The van der Waals surface area contributed by atoms with E-state index in [0.29, 0.717) is 17.9 Å². The molecule has 0 bridgehead atoms. The first-order valence-corrected chi connectivity index (χ1v) is 6.95. The number of nitrogens with one attached hydrogen (secondary N) is 2. The molecule has 0 aliphatic heterocycles. The Balaban J connectivity index is 1.77. The molecule has 108 valence electrons. The highest BCUT2D eigenvalue weighted by molar-refractivity contribution is 6.30. The first kappa shape index (κ1) is 14.8. The van der Waals surface area contributed by atoms with Gasteiger partial charge in [0.25, 0.3) is 0 Å². The highest BCUT2D eigenvalue weighted by Gasteiger charge is 2.31. The van der Waals surface area contributed by atoms with Gasteiger partial charge in [0.15, 0.2) is 0 Å². The molecule has 5 nitrogen and oxygen atoms in total. The number of aliphatic hydroxyl groups excluding tert-OH is 1. The van der Waals surface area contributed by atoms with Gasteiger partial charge in [0.2, 0.25) is 11.8 Å². The van der Waals surface area contributed by atoms with Gasteiger partial charge in [-0.1, -0.05) is 23.7 Å². The number of amides is 2. The third-order valence-corrected chi connectivity index (χ3v) is 3.67. The normalized spacial score (nSPS) is 21.5. The number of carbonyl (C=O) groups is 2. The molecule has 0 spiro atoms. The molecule has 1 fully saturated rings. The van der Waals surface area contributed by atoms with E-state index in [1.165, 1.54) is 0 Å². The summed E-state index contributed by atoms with van der Waals surface area (Å²) >= 11 is 5.76. The van der Waals surface area contributed by atoms with Crippen molar-refractivity contribution < 1.29 is 14.7 Å². The van der Waals surface area contributed by atoms with Crippen molar-refractivity contribution in [3.63, 3.8) is 0 Å². The van der Waals surface area contributed by atoms with Gasteiger partial charge in [-0.2, -0.15) is 0 Å². The third kappa shape index (κ3) is 3.95. The molecule has 3 N–H and O–H groups in total. The fourth-order valence-corrected chi connectivity index (χ4v) is 2.43. The van der Waals surface area contributed by atoms with E-state index in [0.717, 1.165) is 12.0 Å². The van der Waals surface area contributed by atoms with E-state index < -0.39 is 12.0 Å². The van der Waals surface area contributed by atoms with E-state index in [4.69, 9.17) is 11.6 Å². The predicted molar refractivity (Wildman–Crippen MR) is 74.8 cm³/mol. The maximum Gasteiger partial charge on any atom is 0.244 e. The molecule has 1 aromatic rings. The first-order valence-electron chi connectivity index (χ1n) is 6.57. The Kier molecular flexibility index (Phi) is 4.98. The Morgan fingerprint density at radius 1 is 1.20 bits per heavy atom. The van der Waals surface area contributed by atoms with Crippen molar-refractivity contribution in [2.45, 2.75) is 31.8 Å². The second kappa shape index (κ2) is 6.72. The molecule has 2 rings (SSSR count). The van der Waals surface area contributed by atoms with E-state index in [1.807, 2.05) is 0 Å². The Morgan fingerprint density at radius 2 is 1.90 bits per heavy atom. The van der Waals surface area contributed by atoms with E-state index in [-0.39, 0.29) is 18.2 Å². The van der Waals surface area contributed by atoms with Crippen LogP contribution < -0.4 is 10.9 Å². The zero-order valence-electron chi connectivity index (χ0n) is 10.9. The molecular formula is C14H17ClN2O3. The minimum absolute atomic E-state index is 0.157. The molecule has 6 heteroatoms. The van der Waals surface area contributed by atoms with Crippen molar-refractivity contribution in [1.29, 1.82) is 0 Å². The summed E-state index contributed by atoms with van der Waals surface area (Å²) < 4.78 is 0. The Bertz CT molecular complexity index is 490. The second-order valence-electron chi connectivity index (χ2n) is 4.95. The van der Waals surface area contributed by atoms with Gasteiger partial charge in [-0.05, 0) is 37.0 Å². The summed E-state index contributed by atoms with van der Waals surface area (Å²) in [5.74, 6) is -1.07. The van der Waals surface area contributed by atoms with Crippen molar-refractivity contribution in [1.82, 2.24) is 10.9 Å². The van der Waals surface area contributed by atoms with Gasteiger partial charge < -0.3 is 5.11 Å². The minimum atomic E-state index is -0.608. The molecule has 1 saturated carbocycles. The summed E-state index contributed by atoms with van der Waals surface area (Å²) in [6, 6.07) is 6.92. The molecule has 0 radical (unpaired) electrons. The SMILES string of the molecule is O=C(Cc1ccc(Cl)cc1)NNC(=O)C1CCCC1O. The average molecular weight is 297 g/mol. The first-order chi connectivity index (χ1) is 9.56. The molecule has 1 aliphatic rings. The van der Waals surface area contributed by atoms with Gasteiger partial charge in [0.1, 0.15) is 0 Å². The van der Waals surface area contributed by atoms with Crippen LogP contribution in [-0.2, 0) is 16.0 Å². The Hall–Kier alpha value is -1.59.